The number of aromatic amines is 1. The van der Waals surface area contributed by atoms with Gasteiger partial charge in [0.15, 0.2) is 0 Å². The standard InChI is InChI=1S/C21H22N4O2/c1-13(2)11-18(25-12-14-7-3-4-8-15(14)20(25)27)19(26)24-21-22-16-9-5-6-10-17(16)23-21/h3-10,13,18H,11-12H2,1-2H3,(H2,22,23,24,26). The van der Waals surface area contributed by atoms with Crippen molar-refractivity contribution in [2.75, 3.05) is 5.32 Å². The van der Waals surface area contributed by atoms with Gasteiger partial charge in [0.05, 0.1) is 11.0 Å². The lowest BCUT2D eigenvalue weighted by Crippen LogP contribution is -2.45. The van der Waals surface area contributed by atoms with E-state index in [2.05, 4.69) is 29.1 Å². The van der Waals surface area contributed by atoms with Gasteiger partial charge < -0.3 is 9.88 Å². The topological polar surface area (TPSA) is 78.1 Å². The van der Waals surface area contributed by atoms with Crippen LogP contribution in [-0.4, -0.2) is 32.7 Å². The molecule has 138 valence electrons. The average Bonchev–Trinajstić information content (AvgIpc) is 3.20. The fraction of sp³-hybridized carbons (Fsp3) is 0.286. The van der Waals surface area contributed by atoms with Crippen molar-refractivity contribution in [1.29, 1.82) is 0 Å². The molecule has 0 aliphatic carbocycles. The number of rotatable bonds is 5. The fourth-order valence-corrected chi connectivity index (χ4v) is 3.56. The van der Waals surface area contributed by atoms with Gasteiger partial charge in [-0.05, 0) is 36.1 Å². The average molecular weight is 362 g/mol. The van der Waals surface area contributed by atoms with Crippen LogP contribution in [0.5, 0.6) is 0 Å². The molecule has 1 aliphatic rings. The van der Waals surface area contributed by atoms with E-state index in [1.165, 1.54) is 0 Å². The van der Waals surface area contributed by atoms with Gasteiger partial charge in [-0.2, -0.15) is 0 Å². The smallest absolute Gasteiger partial charge is 0.255 e. The molecule has 2 aromatic carbocycles. The highest BCUT2D eigenvalue weighted by Gasteiger charge is 2.36. The minimum Gasteiger partial charge on any atom is -0.324 e. The summed E-state index contributed by atoms with van der Waals surface area (Å²) in [6.45, 7) is 4.56. The number of nitrogens with one attached hydrogen (secondary N) is 2. The van der Waals surface area contributed by atoms with Gasteiger partial charge in [0.2, 0.25) is 11.9 Å². The highest BCUT2D eigenvalue weighted by atomic mass is 16.2. The molecule has 2 amide bonds. The molecule has 0 fully saturated rings. The third-order valence-electron chi connectivity index (χ3n) is 4.85. The third kappa shape index (κ3) is 3.30. The van der Waals surface area contributed by atoms with Crippen molar-refractivity contribution in [3.8, 4) is 0 Å². The molecule has 6 heteroatoms. The Hall–Kier alpha value is -3.15. The number of carbonyl (C=O) groups excluding carboxylic acids is 2. The predicted octanol–water partition coefficient (Wildman–Crippen LogP) is 3.57. The first-order valence-electron chi connectivity index (χ1n) is 9.17. The van der Waals surface area contributed by atoms with Gasteiger partial charge in [-0.25, -0.2) is 4.98 Å². The molecule has 1 aliphatic heterocycles. The summed E-state index contributed by atoms with van der Waals surface area (Å²) in [5.41, 5.74) is 3.30. The van der Waals surface area contributed by atoms with Gasteiger partial charge in [-0.1, -0.05) is 44.2 Å². The largest absolute Gasteiger partial charge is 0.324 e. The predicted molar refractivity (Wildman–Crippen MR) is 104 cm³/mol. The molecule has 1 aromatic heterocycles. The van der Waals surface area contributed by atoms with E-state index in [1.807, 2.05) is 48.5 Å². The van der Waals surface area contributed by atoms with Crippen LogP contribution in [0.4, 0.5) is 5.95 Å². The Kier molecular flexibility index (Phi) is 4.39. The van der Waals surface area contributed by atoms with Gasteiger partial charge >= 0.3 is 0 Å². The molecule has 0 saturated heterocycles. The molecule has 4 rings (SSSR count). The third-order valence-corrected chi connectivity index (χ3v) is 4.85. The Morgan fingerprint density at radius 2 is 1.93 bits per heavy atom. The lowest BCUT2D eigenvalue weighted by atomic mass is 10.0. The normalized spacial score (nSPS) is 14.6. The van der Waals surface area contributed by atoms with Gasteiger partial charge in [-0.3, -0.25) is 14.9 Å². The first-order valence-corrected chi connectivity index (χ1v) is 9.17. The van der Waals surface area contributed by atoms with Crippen LogP contribution in [-0.2, 0) is 11.3 Å². The quantitative estimate of drug-likeness (QED) is 0.728. The lowest BCUT2D eigenvalue weighted by Gasteiger charge is -2.27. The van der Waals surface area contributed by atoms with E-state index in [-0.39, 0.29) is 17.7 Å². The monoisotopic (exact) mass is 362 g/mol. The van der Waals surface area contributed by atoms with Crippen LogP contribution in [0.3, 0.4) is 0 Å². The Balaban J connectivity index is 1.58. The molecule has 6 nitrogen and oxygen atoms in total. The van der Waals surface area contributed by atoms with E-state index in [4.69, 9.17) is 0 Å². The number of hydrogen-bond donors (Lipinski definition) is 2. The van der Waals surface area contributed by atoms with Crippen LogP contribution in [0.2, 0.25) is 0 Å². The summed E-state index contributed by atoms with van der Waals surface area (Å²) in [4.78, 5) is 35.1. The molecule has 0 bridgehead atoms. The zero-order valence-corrected chi connectivity index (χ0v) is 15.4. The number of carbonyl (C=O) groups is 2. The minimum atomic E-state index is -0.543. The van der Waals surface area contributed by atoms with Gasteiger partial charge in [-0.15, -0.1) is 0 Å². The van der Waals surface area contributed by atoms with Gasteiger partial charge in [0.1, 0.15) is 6.04 Å². The summed E-state index contributed by atoms with van der Waals surface area (Å²) in [6, 6.07) is 14.6. The summed E-state index contributed by atoms with van der Waals surface area (Å²) in [5.74, 6) is 0.368. The van der Waals surface area contributed by atoms with Crippen molar-refractivity contribution in [3.05, 3.63) is 59.7 Å². The SMILES string of the molecule is CC(C)CC(C(=O)Nc1nc2ccccc2[nH]1)N1Cc2ccccc2C1=O. The zero-order chi connectivity index (χ0) is 19.0. The summed E-state index contributed by atoms with van der Waals surface area (Å²) in [6.07, 6.45) is 0.589. The van der Waals surface area contributed by atoms with E-state index in [9.17, 15) is 9.59 Å². The number of imidazole rings is 1. The van der Waals surface area contributed by atoms with Crippen LogP contribution in [0.1, 0.15) is 36.2 Å². The van der Waals surface area contributed by atoms with Crippen LogP contribution in [0.15, 0.2) is 48.5 Å². The van der Waals surface area contributed by atoms with Crippen molar-refractivity contribution in [2.24, 2.45) is 5.92 Å². The maximum absolute atomic E-state index is 13.0. The highest BCUT2D eigenvalue weighted by molar-refractivity contribution is 6.03. The second-order valence-corrected chi connectivity index (χ2v) is 7.33. The number of amides is 2. The van der Waals surface area contributed by atoms with Crippen LogP contribution in [0, 0.1) is 5.92 Å². The summed E-state index contributed by atoms with van der Waals surface area (Å²) < 4.78 is 0. The second-order valence-electron chi connectivity index (χ2n) is 7.33. The number of para-hydroxylation sites is 2. The number of fused-ring (bicyclic) bond motifs is 2. The minimum absolute atomic E-state index is 0.0870. The number of benzene rings is 2. The maximum Gasteiger partial charge on any atom is 0.255 e. The Bertz CT molecular complexity index is 975. The van der Waals surface area contributed by atoms with Gasteiger partial charge in [0.25, 0.3) is 5.91 Å². The van der Waals surface area contributed by atoms with Crippen molar-refractivity contribution >= 4 is 28.8 Å². The fourth-order valence-electron chi connectivity index (χ4n) is 3.56. The van der Waals surface area contributed by atoms with E-state index < -0.39 is 6.04 Å². The van der Waals surface area contributed by atoms with E-state index in [0.717, 1.165) is 16.6 Å². The summed E-state index contributed by atoms with van der Waals surface area (Å²) >= 11 is 0. The van der Waals surface area contributed by atoms with Crippen molar-refractivity contribution < 1.29 is 9.59 Å². The number of anilines is 1. The molecule has 0 spiro atoms. The molecule has 2 N–H and O–H groups in total. The Morgan fingerprint density at radius 3 is 2.67 bits per heavy atom. The lowest BCUT2D eigenvalue weighted by molar-refractivity contribution is -0.121. The number of nitrogens with zero attached hydrogens (tertiary/aromatic N) is 2. The van der Waals surface area contributed by atoms with E-state index in [0.29, 0.717) is 24.5 Å². The maximum atomic E-state index is 13.0. The van der Waals surface area contributed by atoms with E-state index in [1.54, 1.807) is 4.90 Å². The molecule has 3 aromatic rings. The van der Waals surface area contributed by atoms with Crippen LogP contribution < -0.4 is 5.32 Å². The highest BCUT2D eigenvalue weighted by Crippen LogP contribution is 2.27. The summed E-state index contributed by atoms with van der Waals surface area (Å²) in [7, 11) is 0. The number of hydrogen-bond acceptors (Lipinski definition) is 3. The van der Waals surface area contributed by atoms with Gasteiger partial charge in [0, 0.05) is 12.1 Å². The van der Waals surface area contributed by atoms with Crippen LogP contribution in [0.25, 0.3) is 11.0 Å². The second kappa shape index (κ2) is 6.87. The van der Waals surface area contributed by atoms with Crippen LogP contribution >= 0.6 is 0 Å². The molecule has 1 atom stereocenters. The molecule has 2 heterocycles. The molecule has 27 heavy (non-hydrogen) atoms. The molecular formula is C21H22N4O2. The Morgan fingerprint density at radius 1 is 1.19 bits per heavy atom. The molecule has 0 radical (unpaired) electrons. The van der Waals surface area contributed by atoms with Crippen molar-refractivity contribution in [3.63, 3.8) is 0 Å². The van der Waals surface area contributed by atoms with Crippen molar-refractivity contribution in [1.82, 2.24) is 14.9 Å². The first kappa shape index (κ1) is 17.3. The van der Waals surface area contributed by atoms with E-state index >= 15 is 0 Å². The summed E-state index contributed by atoms with van der Waals surface area (Å²) in [5, 5.41) is 2.86. The molecular weight excluding hydrogens is 340 g/mol. The molecule has 0 saturated carbocycles. The first-order chi connectivity index (χ1) is 13.0. The van der Waals surface area contributed by atoms with Crippen molar-refractivity contribution in [2.45, 2.75) is 32.9 Å². The number of H-pyrrole nitrogens is 1. The Labute approximate surface area is 157 Å². The number of aromatic nitrogens is 2. The zero-order valence-electron chi connectivity index (χ0n) is 15.4. The molecule has 1 unspecified atom stereocenters.